The smallest absolute Gasteiger partial charge is 0.411 e. The van der Waals surface area contributed by atoms with Crippen molar-refractivity contribution in [2.45, 2.75) is 63.7 Å². The van der Waals surface area contributed by atoms with E-state index in [1.54, 1.807) is 39.8 Å². The first-order chi connectivity index (χ1) is 15.8. The first kappa shape index (κ1) is 24.0. The molecule has 3 heterocycles. The maximum Gasteiger partial charge on any atom is 0.411 e. The molecule has 1 aromatic heterocycles. The zero-order valence-electron chi connectivity index (χ0n) is 20.0. The molecular formula is C24H28F2N2O6. The van der Waals surface area contributed by atoms with Gasteiger partial charge in [0.1, 0.15) is 23.0 Å². The molecule has 2 aliphatic heterocycles. The fraction of sp³-hybridized carbons (Fsp3) is 0.542. The molecular weight excluding hydrogens is 450 g/mol. The normalized spacial score (nSPS) is 23.4. The topological polar surface area (TPSA) is 87.2 Å². The molecule has 2 aromatic rings. The lowest BCUT2D eigenvalue weighted by Crippen LogP contribution is -2.48. The fourth-order valence-corrected chi connectivity index (χ4v) is 4.72. The Morgan fingerprint density at radius 1 is 1.24 bits per heavy atom. The lowest BCUT2D eigenvalue weighted by molar-refractivity contribution is -0.146. The van der Waals surface area contributed by atoms with E-state index in [0.29, 0.717) is 11.3 Å². The van der Waals surface area contributed by atoms with E-state index in [2.05, 4.69) is 4.98 Å². The summed E-state index contributed by atoms with van der Waals surface area (Å²) in [6.07, 6.45) is -1.69. The number of alkyl halides is 2. The largest absolute Gasteiger partial charge is 0.497 e. The Kier molecular flexibility index (Phi) is 5.61. The third-order valence-corrected chi connectivity index (χ3v) is 6.05. The molecule has 10 heteroatoms. The number of aryl methyl sites for hydroxylation is 1. The van der Waals surface area contributed by atoms with Crippen LogP contribution in [0.1, 0.15) is 44.9 Å². The van der Waals surface area contributed by atoms with Crippen molar-refractivity contribution in [1.82, 2.24) is 9.88 Å². The number of nitrogens with zero attached hydrogens (tertiary/aromatic N) is 2. The molecule has 1 amide bonds. The third-order valence-electron chi connectivity index (χ3n) is 6.05. The Morgan fingerprint density at radius 3 is 2.56 bits per heavy atom. The minimum absolute atomic E-state index is 0.0494. The number of ether oxygens (including phenoxy) is 4. The minimum atomic E-state index is -3.32. The van der Waals surface area contributed by atoms with Crippen LogP contribution in [0.3, 0.4) is 0 Å². The van der Waals surface area contributed by atoms with Gasteiger partial charge in [-0.25, -0.2) is 23.4 Å². The van der Waals surface area contributed by atoms with Crippen molar-refractivity contribution in [3.8, 4) is 11.5 Å². The number of halogens is 2. The fourth-order valence-electron chi connectivity index (χ4n) is 4.72. The Morgan fingerprint density at radius 2 is 1.94 bits per heavy atom. The molecule has 0 radical (unpaired) electrons. The number of esters is 1. The summed E-state index contributed by atoms with van der Waals surface area (Å²) < 4.78 is 53.4. The molecule has 34 heavy (non-hydrogen) atoms. The number of benzene rings is 1. The number of carbonyl (C=O) groups excluding carboxylic acids is 2. The van der Waals surface area contributed by atoms with E-state index < -0.39 is 41.6 Å². The monoisotopic (exact) mass is 478 g/mol. The Hall–Kier alpha value is -3.17. The predicted molar refractivity (Wildman–Crippen MR) is 118 cm³/mol. The van der Waals surface area contributed by atoms with Gasteiger partial charge in [-0.15, -0.1) is 0 Å². The van der Waals surface area contributed by atoms with Gasteiger partial charge in [-0.2, -0.15) is 0 Å². The maximum atomic E-state index is 15.8. The van der Waals surface area contributed by atoms with Crippen LogP contribution in [0.5, 0.6) is 11.5 Å². The highest BCUT2D eigenvalue weighted by Crippen LogP contribution is 2.54. The van der Waals surface area contributed by atoms with Crippen LogP contribution in [-0.2, 0) is 20.2 Å². The molecule has 2 atom stereocenters. The van der Waals surface area contributed by atoms with Crippen molar-refractivity contribution in [3.05, 3.63) is 29.5 Å². The van der Waals surface area contributed by atoms with E-state index in [9.17, 15) is 9.59 Å². The van der Waals surface area contributed by atoms with Gasteiger partial charge in [0.05, 0.1) is 44.0 Å². The van der Waals surface area contributed by atoms with Crippen molar-refractivity contribution in [3.63, 3.8) is 0 Å². The zero-order valence-corrected chi connectivity index (χ0v) is 20.0. The molecule has 0 bridgehead atoms. The molecule has 1 fully saturated rings. The van der Waals surface area contributed by atoms with E-state index in [4.69, 9.17) is 18.9 Å². The van der Waals surface area contributed by atoms with Crippen LogP contribution in [0, 0.1) is 6.92 Å². The van der Waals surface area contributed by atoms with Crippen LogP contribution in [0.4, 0.5) is 13.6 Å². The number of fused-ring (bicyclic) bond motifs is 3. The van der Waals surface area contributed by atoms with Gasteiger partial charge in [0.25, 0.3) is 5.92 Å². The number of hydrogen-bond acceptors (Lipinski definition) is 7. The number of aromatic nitrogens is 1. The summed E-state index contributed by atoms with van der Waals surface area (Å²) >= 11 is 0. The predicted octanol–water partition coefficient (Wildman–Crippen LogP) is 4.35. The lowest BCUT2D eigenvalue weighted by Gasteiger charge is -2.40. The van der Waals surface area contributed by atoms with Crippen LogP contribution in [0.15, 0.2) is 18.2 Å². The van der Waals surface area contributed by atoms with E-state index in [0.717, 1.165) is 4.90 Å². The van der Waals surface area contributed by atoms with Crippen LogP contribution in [0.25, 0.3) is 10.9 Å². The van der Waals surface area contributed by atoms with Gasteiger partial charge in [0.2, 0.25) is 0 Å². The van der Waals surface area contributed by atoms with Gasteiger partial charge in [0, 0.05) is 11.8 Å². The summed E-state index contributed by atoms with van der Waals surface area (Å²) in [5, 5.41) is 0.228. The number of pyridine rings is 1. The number of amides is 1. The van der Waals surface area contributed by atoms with Crippen molar-refractivity contribution in [2.75, 3.05) is 20.8 Å². The van der Waals surface area contributed by atoms with Gasteiger partial charge in [-0.05, 0) is 45.9 Å². The second-order valence-corrected chi connectivity index (χ2v) is 9.80. The highest BCUT2D eigenvalue weighted by molar-refractivity contribution is 5.87. The van der Waals surface area contributed by atoms with Crippen molar-refractivity contribution < 1.29 is 37.3 Å². The van der Waals surface area contributed by atoms with Gasteiger partial charge >= 0.3 is 12.1 Å². The quantitative estimate of drug-likeness (QED) is 0.593. The van der Waals surface area contributed by atoms with Crippen LogP contribution < -0.4 is 9.47 Å². The van der Waals surface area contributed by atoms with Crippen LogP contribution >= 0.6 is 0 Å². The van der Waals surface area contributed by atoms with Crippen LogP contribution in [0.2, 0.25) is 0 Å². The van der Waals surface area contributed by atoms with Crippen molar-refractivity contribution in [1.29, 1.82) is 0 Å². The maximum absolute atomic E-state index is 15.8. The number of hydrogen-bond donors (Lipinski definition) is 0. The highest BCUT2D eigenvalue weighted by Gasteiger charge is 2.60. The van der Waals surface area contributed by atoms with Gasteiger partial charge in [-0.1, -0.05) is 0 Å². The molecule has 1 saturated heterocycles. The summed E-state index contributed by atoms with van der Waals surface area (Å²) in [7, 11) is 2.63. The van der Waals surface area contributed by atoms with Gasteiger partial charge < -0.3 is 18.9 Å². The summed E-state index contributed by atoms with van der Waals surface area (Å²) in [5.41, 5.74) is -1.95. The summed E-state index contributed by atoms with van der Waals surface area (Å²) in [5.74, 6) is -3.68. The third kappa shape index (κ3) is 4.10. The second-order valence-electron chi connectivity index (χ2n) is 9.80. The molecule has 184 valence electrons. The SMILES string of the molecule is COC(=O)C1CC2(CN1C(=O)OC(C)(C)C)CC(F)(F)c1c(c(C)nc3ccc(OC)cc13)O2. The summed E-state index contributed by atoms with van der Waals surface area (Å²) in [6.45, 7) is 6.38. The summed E-state index contributed by atoms with van der Waals surface area (Å²) in [4.78, 5) is 30.9. The molecule has 2 aliphatic rings. The molecule has 4 rings (SSSR count). The number of methoxy groups -OCH3 is 2. The van der Waals surface area contributed by atoms with Gasteiger partial charge in [-0.3, -0.25) is 4.90 Å². The average molecular weight is 478 g/mol. The molecule has 1 spiro atoms. The molecule has 2 unspecified atom stereocenters. The highest BCUT2D eigenvalue weighted by atomic mass is 19.3. The first-order valence-corrected chi connectivity index (χ1v) is 10.9. The zero-order chi connectivity index (χ0) is 25.1. The molecule has 0 aliphatic carbocycles. The van der Waals surface area contributed by atoms with Crippen LogP contribution in [-0.4, -0.2) is 60.0 Å². The molecule has 1 aromatic carbocycles. The second kappa shape index (κ2) is 7.95. The van der Waals surface area contributed by atoms with Crippen molar-refractivity contribution >= 4 is 23.0 Å². The molecule has 0 saturated carbocycles. The Labute approximate surface area is 196 Å². The van der Waals surface area contributed by atoms with E-state index >= 15 is 8.78 Å². The van der Waals surface area contributed by atoms with Crippen molar-refractivity contribution in [2.24, 2.45) is 0 Å². The molecule has 8 nitrogen and oxygen atoms in total. The summed E-state index contributed by atoms with van der Waals surface area (Å²) in [6, 6.07) is 3.66. The van der Waals surface area contributed by atoms with E-state index in [-0.39, 0.29) is 35.4 Å². The number of rotatable bonds is 2. The average Bonchev–Trinajstić information content (AvgIpc) is 3.09. The van der Waals surface area contributed by atoms with E-state index in [1.807, 2.05) is 0 Å². The Bertz CT molecular complexity index is 1160. The minimum Gasteiger partial charge on any atom is -0.497 e. The van der Waals surface area contributed by atoms with E-state index in [1.165, 1.54) is 20.3 Å². The Balaban J connectivity index is 1.80. The molecule has 0 N–H and O–H groups in total. The standard InChI is InChI=1S/C24H28F2N2O6/c1-13-19-18(15-9-14(31-5)7-8-16(15)27-13)24(25,26)11-23(33-19)10-17(20(29)32-6)28(12-23)21(30)34-22(2,3)4/h7-9,17H,10-12H2,1-6H3. The lowest BCUT2D eigenvalue weighted by atomic mass is 9.84. The number of carbonyl (C=O) groups is 2. The van der Waals surface area contributed by atoms with Gasteiger partial charge in [0.15, 0.2) is 5.75 Å². The first-order valence-electron chi connectivity index (χ1n) is 10.9. The number of likely N-dealkylation sites (tertiary alicyclic amines) is 1.